The molecule has 0 atom stereocenters. The summed E-state index contributed by atoms with van der Waals surface area (Å²) in [7, 11) is -9.51. The zero-order valence-corrected chi connectivity index (χ0v) is 37.7. The maximum Gasteiger partial charge on any atom is 0.406 e. The first-order chi connectivity index (χ1) is 33.2. The molecule has 0 aliphatic carbocycles. The number of benzene rings is 9. The van der Waals surface area contributed by atoms with Crippen LogP contribution < -0.4 is 8.37 Å². The third-order valence-corrected chi connectivity index (χ3v) is 14.1. The molecule has 0 saturated heterocycles. The standard InChI is InChI=1S/C56H37F5O6S2/c57-45-26-30-47(31-27-45)68(62,63)66-53-49(38-16-6-1-7-17-38)34-43(35-50(53)39-18-8-2-9-19-39)55(56(59,60)61,42-24-14-5-15-25-42)44-36-51(40-20-10-3-11-21-40)54(52(37-44)41-22-12-4-13-23-41)67-69(64,65)48-32-28-46(58)29-33-48/h1-37H. The molecule has 0 N–H and O–H groups in total. The minimum absolute atomic E-state index is 0.0286. The Labute approximate surface area is 395 Å². The predicted molar refractivity (Wildman–Crippen MR) is 255 cm³/mol. The highest BCUT2D eigenvalue weighted by atomic mass is 32.2. The van der Waals surface area contributed by atoms with Gasteiger partial charge in [-0.1, -0.05) is 152 Å². The van der Waals surface area contributed by atoms with Gasteiger partial charge in [0.05, 0.1) is 0 Å². The van der Waals surface area contributed by atoms with E-state index in [-0.39, 0.29) is 50.4 Å². The molecule has 0 saturated carbocycles. The van der Waals surface area contributed by atoms with Gasteiger partial charge >= 0.3 is 26.4 Å². The van der Waals surface area contributed by atoms with Crippen LogP contribution in [0, 0.1) is 11.6 Å². The molecule has 0 aromatic heterocycles. The quantitative estimate of drug-likeness (QED) is 0.0650. The Morgan fingerprint density at radius 1 is 0.333 bits per heavy atom. The Hall–Kier alpha value is -7.87. The zero-order chi connectivity index (χ0) is 48.4. The lowest BCUT2D eigenvalue weighted by molar-refractivity contribution is -0.166. The van der Waals surface area contributed by atoms with Gasteiger partial charge in [-0.25, -0.2) is 8.78 Å². The van der Waals surface area contributed by atoms with E-state index in [9.17, 15) is 25.6 Å². The van der Waals surface area contributed by atoms with Crippen LogP contribution in [0.4, 0.5) is 22.0 Å². The molecule has 0 heterocycles. The fourth-order valence-electron chi connectivity index (χ4n) is 8.40. The summed E-state index contributed by atoms with van der Waals surface area (Å²) in [5.41, 5.74) is -3.01. The highest BCUT2D eigenvalue weighted by Gasteiger charge is 2.59. The Bertz CT molecular complexity index is 3160. The highest BCUT2D eigenvalue weighted by molar-refractivity contribution is 7.87. The fraction of sp³-hybridized carbons (Fsp3) is 0.0357. The van der Waals surface area contributed by atoms with Gasteiger partial charge in [0.25, 0.3) is 0 Å². The summed E-state index contributed by atoms with van der Waals surface area (Å²) in [6, 6.07) is 53.0. The molecule has 0 amide bonds. The topological polar surface area (TPSA) is 86.7 Å². The number of rotatable bonds is 13. The van der Waals surface area contributed by atoms with Crippen LogP contribution in [0.25, 0.3) is 44.5 Å². The van der Waals surface area contributed by atoms with E-state index in [1.807, 2.05) is 0 Å². The third kappa shape index (κ3) is 9.14. The molecule has 9 aromatic carbocycles. The molecule has 0 aliphatic rings. The van der Waals surface area contributed by atoms with Crippen molar-refractivity contribution < 1.29 is 47.2 Å². The van der Waals surface area contributed by atoms with Gasteiger partial charge in [-0.15, -0.1) is 0 Å². The van der Waals surface area contributed by atoms with E-state index in [1.165, 1.54) is 48.5 Å². The number of halogens is 5. The average Bonchev–Trinajstić information content (AvgIpc) is 3.36. The first kappa shape index (κ1) is 46.2. The third-order valence-electron chi connectivity index (χ3n) is 11.6. The van der Waals surface area contributed by atoms with Crippen LogP contribution in [0.5, 0.6) is 11.5 Å². The van der Waals surface area contributed by atoms with Crippen LogP contribution in [0.15, 0.2) is 234 Å². The van der Waals surface area contributed by atoms with Gasteiger partial charge in [0.15, 0.2) is 11.5 Å². The SMILES string of the molecule is O=S(=O)(Oc1c(-c2ccccc2)cc(C(c2ccccc2)(c2cc(-c3ccccc3)c(OS(=O)(=O)c3ccc(F)cc3)c(-c3ccccc3)c2)C(F)(F)F)cc1-c1ccccc1)c1ccc(F)cc1. The van der Waals surface area contributed by atoms with Crippen molar-refractivity contribution in [1.29, 1.82) is 0 Å². The monoisotopic (exact) mass is 964 g/mol. The molecule has 69 heavy (non-hydrogen) atoms. The van der Waals surface area contributed by atoms with Gasteiger partial charge in [0.1, 0.15) is 26.8 Å². The van der Waals surface area contributed by atoms with Gasteiger partial charge in [0.2, 0.25) is 0 Å². The van der Waals surface area contributed by atoms with Crippen LogP contribution in [-0.2, 0) is 25.7 Å². The van der Waals surface area contributed by atoms with Crippen molar-refractivity contribution in [1.82, 2.24) is 0 Å². The molecule has 344 valence electrons. The molecule has 6 nitrogen and oxygen atoms in total. The second-order valence-corrected chi connectivity index (χ2v) is 19.0. The predicted octanol–water partition coefficient (Wildman–Crippen LogP) is 14.1. The van der Waals surface area contributed by atoms with Crippen molar-refractivity contribution in [3.8, 4) is 56.0 Å². The normalized spacial score (nSPS) is 12.1. The summed E-state index contributed by atoms with van der Waals surface area (Å²) in [4.78, 5) is -0.795. The maximum atomic E-state index is 17.5. The van der Waals surface area contributed by atoms with E-state index in [0.29, 0.717) is 22.3 Å². The molecule has 0 bridgehead atoms. The first-order valence-electron chi connectivity index (χ1n) is 21.3. The zero-order valence-electron chi connectivity index (χ0n) is 36.0. The van der Waals surface area contributed by atoms with Crippen LogP contribution >= 0.6 is 0 Å². The summed E-state index contributed by atoms with van der Waals surface area (Å²) in [6.07, 6.45) is -5.22. The molecule has 0 radical (unpaired) electrons. The van der Waals surface area contributed by atoms with E-state index < -0.39 is 53.3 Å². The van der Waals surface area contributed by atoms with Crippen molar-refractivity contribution in [3.05, 3.63) is 253 Å². The minimum Gasteiger partial charge on any atom is -0.378 e. The van der Waals surface area contributed by atoms with Crippen molar-refractivity contribution in [2.24, 2.45) is 0 Å². The van der Waals surface area contributed by atoms with E-state index >= 15 is 13.2 Å². The van der Waals surface area contributed by atoms with Gasteiger partial charge < -0.3 is 8.37 Å². The van der Waals surface area contributed by atoms with Crippen molar-refractivity contribution in [3.63, 3.8) is 0 Å². The van der Waals surface area contributed by atoms with Crippen LogP contribution in [-0.4, -0.2) is 23.0 Å². The lowest BCUT2D eigenvalue weighted by Gasteiger charge is -2.39. The van der Waals surface area contributed by atoms with Crippen LogP contribution in [0.2, 0.25) is 0 Å². The summed E-state index contributed by atoms with van der Waals surface area (Å²) in [5, 5.41) is 0. The van der Waals surface area contributed by atoms with E-state index in [0.717, 1.165) is 48.5 Å². The Morgan fingerprint density at radius 2 is 0.594 bits per heavy atom. The van der Waals surface area contributed by atoms with Gasteiger partial charge in [0, 0.05) is 22.3 Å². The summed E-state index contributed by atoms with van der Waals surface area (Å²) in [6.45, 7) is 0. The Balaban J connectivity index is 1.42. The fourth-order valence-corrected chi connectivity index (χ4v) is 10.3. The number of hydrogen-bond acceptors (Lipinski definition) is 6. The molecular weight excluding hydrogens is 928 g/mol. The molecule has 13 heteroatoms. The van der Waals surface area contributed by atoms with Gasteiger partial charge in [-0.3, -0.25) is 0 Å². The smallest absolute Gasteiger partial charge is 0.378 e. The summed E-state index contributed by atoms with van der Waals surface area (Å²) < 4.78 is 149. The maximum absolute atomic E-state index is 17.5. The van der Waals surface area contributed by atoms with Crippen molar-refractivity contribution in [2.45, 2.75) is 21.4 Å². The van der Waals surface area contributed by atoms with E-state index in [1.54, 1.807) is 127 Å². The molecule has 0 fully saturated rings. The van der Waals surface area contributed by atoms with Crippen LogP contribution in [0.1, 0.15) is 16.7 Å². The summed E-state index contributed by atoms with van der Waals surface area (Å²) in [5.74, 6) is -1.99. The molecule has 9 rings (SSSR count). The second-order valence-electron chi connectivity index (χ2n) is 15.9. The average molecular weight is 965 g/mol. The van der Waals surface area contributed by atoms with Gasteiger partial charge in [-0.05, 0) is 112 Å². The minimum atomic E-state index is -5.22. The lowest BCUT2D eigenvalue weighted by atomic mass is 9.66. The number of alkyl halides is 3. The summed E-state index contributed by atoms with van der Waals surface area (Å²) >= 11 is 0. The molecule has 9 aromatic rings. The van der Waals surface area contributed by atoms with E-state index in [4.69, 9.17) is 8.37 Å². The first-order valence-corrected chi connectivity index (χ1v) is 24.1. The van der Waals surface area contributed by atoms with Crippen LogP contribution in [0.3, 0.4) is 0 Å². The Kier molecular flexibility index (Phi) is 12.5. The van der Waals surface area contributed by atoms with Crippen molar-refractivity contribution in [2.75, 3.05) is 0 Å². The second kappa shape index (κ2) is 18.7. The molecular formula is C56H37F5O6S2. The number of hydrogen-bond donors (Lipinski definition) is 0. The van der Waals surface area contributed by atoms with Gasteiger partial charge in [-0.2, -0.15) is 30.0 Å². The lowest BCUT2D eigenvalue weighted by Crippen LogP contribution is -2.44. The largest absolute Gasteiger partial charge is 0.406 e. The van der Waals surface area contributed by atoms with E-state index in [2.05, 4.69) is 0 Å². The molecule has 0 unspecified atom stereocenters. The molecule has 0 aliphatic heterocycles. The highest BCUT2D eigenvalue weighted by Crippen LogP contribution is 2.57. The molecule has 0 spiro atoms. The van der Waals surface area contributed by atoms with Crippen molar-refractivity contribution >= 4 is 20.2 Å². The Morgan fingerprint density at radius 3 is 0.855 bits per heavy atom.